The van der Waals surface area contributed by atoms with E-state index in [4.69, 9.17) is 21.2 Å². The lowest BCUT2D eigenvalue weighted by atomic mass is 9.84. The van der Waals surface area contributed by atoms with E-state index in [2.05, 4.69) is 15.8 Å². The van der Waals surface area contributed by atoms with E-state index < -0.39 is 52.5 Å². The Morgan fingerprint density at radius 1 is 1.04 bits per heavy atom. The third kappa shape index (κ3) is 9.32. The number of hydrogen-bond donors (Lipinski definition) is 2. The van der Waals surface area contributed by atoms with Crippen LogP contribution in [0.5, 0.6) is 0 Å². The molecule has 12 heteroatoms. The van der Waals surface area contributed by atoms with Gasteiger partial charge in [0.05, 0.1) is 30.5 Å². The standard InChI is InChI=1S/C38H53ClN4O7/c1-7-9-28(33(46)31(44)16-24-12-13-24)40-35(47)30-20-38(19-29(42-50-38)26-10-8-11-27(39)18-26)21-43(30)36(48)34(37(4,5)6)41-32(45)17-25-14-22(2)49-23(3)15-25/h8,10-11,18,22-25,28,30,34H,7,9,12-17,19-21H2,1-6H3,(H,40,47)(H,41,45)/t22-,23-,28+,30+,34-,38-/m1/s1. The molecule has 1 aromatic rings. The highest BCUT2D eigenvalue weighted by Crippen LogP contribution is 2.40. The molecule has 0 unspecified atom stereocenters. The van der Waals surface area contributed by atoms with E-state index in [-0.39, 0.29) is 55.8 Å². The second-order valence-corrected chi connectivity index (χ2v) is 16.6. The molecule has 50 heavy (non-hydrogen) atoms. The molecule has 4 aliphatic rings. The Morgan fingerprint density at radius 3 is 2.36 bits per heavy atom. The largest absolute Gasteiger partial charge is 0.387 e. The topological polar surface area (TPSA) is 143 Å². The van der Waals surface area contributed by atoms with Crippen LogP contribution in [0.4, 0.5) is 0 Å². The number of Topliss-reactive ketones (excluding diaryl/α,β-unsaturated/α-hetero) is 2. The van der Waals surface area contributed by atoms with Crippen LogP contribution >= 0.6 is 11.6 Å². The molecule has 3 heterocycles. The van der Waals surface area contributed by atoms with Crippen molar-refractivity contribution in [3.63, 3.8) is 0 Å². The lowest BCUT2D eigenvalue weighted by Crippen LogP contribution is -2.59. The number of rotatable bonds is 13. The summed E-state index contributed by atoms with van der Waals surface area (Å²) >= 11 is 6.26. The molecule has 5 rings (SSSR count). The number of carbonyl (C=O) groups is 5. The third-order valence-corrected chi connectivity index (χ3v) is 10.6. The Labute approximate surface area is 300 Å². The fourth-order valence-corrected chi connectivity index (χ4v) is 7.85. The van der Waals surface area contributed by atoms with Gasteiger partial charge in [-0.2, -0.15) is 0 Å². The van der Waals surface area contributed by atoms with Crippen molar-refractivity contribution in [2.24, 2.45) is 22.4 Å². The summed E-state index contributed by atoms with van der Waals surface area (Å²) in [5.74, 6) is -1.89. The number of nitrogens with zero attached hydrogens (tertiary/aromatic N) is 2. The average molecular weight is 713 g/mol. The minimum atomic E-state index is -1.03. The van der Waals surface area contributed by atoms with Gasteiger partial charge in [-0.1, -0.05) is 63.0 Å². The number of amides is 3. The van der Waals surface area contributed by atoms with Crippen molar-refractivity contribution in [2.45, 2.75) is 142 Å². The summed E-state index contributed by atoms with van der Waals surface area (Å²) in [5.41, 5.74) is -0.289. The Bertz CT molecular complexity index is 1490. The highest BCUT2D eigenvalue weighted by Gasteiger charge is 2.55. The first kappa shape index (κ1) is 37.9. The predicted molar refractivity (Wildman–Crippen MR) is 189 cm³/mol. The van der Waals surface area contributed by atoms with Crippen molar-refractivity contribution in [1.82, 2.24) is 15.5 Å². The molecule has 2 N–H and O–H groups in total. The lowest BCUT2D eigenvalue weighted by Gasteiger charge is -2.36. The molecule has 2 saturated heterocycles. The van der Waals surface area contributed by atoms with E-state index in [9.17, 15) is 24.0 Å². The van der Waals surface area contributed by atoms with Gasteiger partial charge in [-0.25, -0.2) is 0 Å². The molecule has 274 valence electrons. The summed E-state index contributed by atoms with van der Waals surface area (Å²) in [4.78, 5) is 75.9. The number of benzene rings is 1. The number of halogens is 1. The van der Waals surface area contributed by atoms with Crippen LogP contribution in [0.15, 0.2) is 29.4 Å². The first-order chi connectivity index (χ1) is 23.6. The first-order valence-electron chi connectivity index (χ1n) is 18.2. The molecular weight excluding hydrogens is 660 g/mol. The van der Waals surface area contributed by atoms with Gasteiger partial charge in [-0.05, 0) is 75.3 Å². The zero-order valence-electron chi connectivity index (χ0n) is 30.3. The molecule has 1 aliphatic carbocycles. The van der Waals surface area contributed by atoms with Crippen LogP contribution in [0.3, 0.4) is 0 Å². The van der Waals surface area contributed by atoms with Crippen molar-refractivity contribution < 1.29 is 33.5 Å². The lowest BCUT2D eigenvalue weighted by molar-refractivity contribution is -0.145. The summed E-state index contributed by atoms with van der Waals surface area (Å²) in [6.45, 7) is 11.6. The van der Waals surface area contributed by atoms with Gasteiger partial charge in [0, 0.05) is 36.3 Å². The third-order valence-electron chi connectivity index (χ3n) is 10.3. The summed E-state index contributed by atoms with van der Waals surface area (Å²) in [6.07, 6.45) is 5.27. The number of oxime groups is 1. The molecule has 0 aromatic heterocycles. The van der Waals surface area contributed by atoms with Gasteiger partial charge in [0.25, 0.3) is 0 Å². The fourth-order valence-electron chi connectivity index (χ4n) is 7.66. The van der Waals surface area contributed by atoms with E-state index in [0.29, 0.717) is 30.0 Å². The van der Waals surface area contributed by atoms with Gasteiger partial charge in [0.1, 0.15) is 12.1 Å². The van der Waals surface area contributed by atoms with E-state index in [1.54, 1.807) is 12.1 Å². The fraction of sp³-hybridized carbons (Fsp3) is 0.684. The first-order valence-corrected chi connectivity index (χ1v) is 18.6. The van der Waals surface area contributed by atoms with Gasteiger partial charge < -0.3 is 25.1 Å². The average Bonchev–Trinajstić information content (AvgIpc) is 3.62. The normalized spacial score (nSPS) is 27.7. The maximum absolute atomic E-state index is 14.6. The van der Waals surface area contributed by atoms with Crippen LogP contribution in [0.1, 0.15) is 111 Å². The molecule has 1 aromatic carbocycles. The monoisotopic (exact) mass is 712 g/mol. The number of nitrogens with one attached hydrogen (secondary N) is 2. The highest BCUT2D eigenvalue weighted by molar-refractivity contribution is 6.39. The van der Waals surface area contributed by atoms with Crippen LogP contribution < -0.4 is 10.6 Å². The number of hydrogen-bond acceptors (Lipinski definition) is 8. The van der Waals surface area contributed by atoms with Crippen molar-refractivity contribution in [1.29, 1.82) is 0 Å². The molecule has 11 nitrogen and oxygen atoms in total. The van der Waals surface area contributed by atoms with Gasteiger partial charge in [0.2, 0.25) is 29.3 Å². The van der Waals surface area contributed by atoms with Crippen molar-refractivity contribution in [2.75, 3.05) is 6.54 Å². The van der Waals surface area contributed by atoms with Gasteiger partial charge in [-0.3, -0.25) is 24.0 Å². The molecule has 1 saturated carbocycles. The maximum Gasteiger partial charge on any atom is 0.246 e. The number of ether oxygens (including phenoxy) is 1. The molecule has 0 radical (unpaired) electrons. The van der Waals surface area contributed by atoms with Crippen LogP contribution in [-0.2, 0) is 33.5 Å². The van der Waals surface area contributed by atoms with Crippen molar-refractivity contribution >= 4 is 46.6 Å². The van der Waals surface area contributed by atoms with E-state index in [1.807, 2.05) is 53.7 Å². The smallest absolute Gasteiger partial charge is 0.246 e. The summed E-state index contributed by atoms with van der Waals surface area (Å²) in [6, 6.07) is 4.28. The summed E-state index contributed by atoms with van der Waals surface area (Å²) in [5, 5.41) is 10.8. The molecule has 3 fully saturated rings. The minimum absolute atomic E-state index is 0.0436. The van der Waals surface area contributed by atoms with E-state index >= 15 is 0 Å². The number of likely N-dealkylation sites (tertiary alicyclic amines) is 1. The SMILES string of the molecule is CCC[C@H](NC(=O)[C@@H]1C[C@]2(CC(c3cccc(Cl)c3)=NO2)CN1C(=O)[C@@H](NC(=O)CC1C[C@@H](C)O[C@H](C)C1)C(C)(C)C)C(=O)C(=O)CC1CC1. The highest BCUT2D eigenvalue weighted by atomic mass is 35.5. The molecule has 0 bridgehead atoms. The Hall–Kier alpha value is -3.31. The predicted octanol–water partition coefficient (Wildman–Crippen LogP) is 5.15. The molecule has 3 aliphatic heterocycles. The minimum Gasteiger partial charge on any atom is -0.387 e. The van der Waals surface area contributed by atoms with Crippen LogP contribution in [0.2, 0.25) is 5.02 Å². The van der Waals surface area contributed by atoms with Gasteiger partial charge >= 0.3 is 0 Å². The quantitative estimate of drug-likeness (QED) is 0.269. The van der Waals surface area contributed by atoms with Crippen LogP contribution in [0.25, 0.3) is 0 Å². The molecule has 1 spiro atoms. The molecule has 6 atom stereocenters. The summed E-state index contributed by atoms with van der Waals surface area (Å²) < 4.78 is 5.85. The number of carbonyl (C=O) groups excluding carboxylic acids is 5. The van der Waals surface area contributed by atoms with Gasteiger partial charge in [0.15, 0.2) is 5.60 Å². The summed E-state index contributed by atoms with van der Waals surface area (Å²) in [7, 11) is 0. The van der Waals surface area contributed by atoms with Crippen molar-refractivity contribution in [3.05, 3.63) is 34.9 Å². The molecular formula is C38H53ClN4O7. The molecule has 3 amide bonds. The van der Waals surface area contributed by atoms with Crippen molar-refractivity contribution in [3.8, 4) is 0 Å². The Morgan fingerprint density at radius 2 is 1.74 bits per heavy atom. The maximum atomic E-state index is 14.6. The second-order valence-electron chi connectivity index (χ2n) is 16.1. The van der Waals surface area contributed by atoms with Gasteiger partial charge in [-0.15, -0.1) is 0 Å². The van der Waals surface area contributed by atoms with Crippen LogP contribution in [-0.4, -0.2) is 82.4 Å². The second kappa shape index (κ2) is 15.5. The van der Waals surface area contributed by atoms with E-state index in [0.717, 1.165) is 31.2 Å². The Kier molecular flexibility index (Phi) is 11.8. The Balaban J connectivity index is 1.38. The number of ketones is 2. The zero-order chi connectivity index (χ0) is 36.4. The zero-order valence-corrected chi connectivity index (χ0v) is 31.0. The van der Waals surface area contributed by atoms with Crippen LogP contribution in [0, 0.1) is 17.3 Å². The van der Waals surface area contributed by atoms with E-state index in [1.165, 1.54) is 4.90 Å².